The number of likely N-dealkylation sites (N-methyl/N-ethyl adjacent to an activating group) is 1. The van der Waals surface area contributed by atoms with Crippen molar-refractivity contribution in [2.24, 2.45) is 0 Å². The quantitative estimate of drug-likeness (QED) is 0.0300. The summed E-state index contributed by atoms with van der Waals surface area (Å²) in [6.07, 6.45) is 36.1. The first-order valence-electron chi connectivity index (χ1n) is 19.4. The Morgan fingerprint density at radius 3 is 1.71 bits per heavy atom. The fourth-order valence-corrected chi connectivity index (χ4v) is 5.87. The number of quaternary nitrogens is 1. The summed E-state index contributed by atoms with van der Waals surface area (Å²) in [4.78, 5) is 25.1. The summed E-state index contributed by atoms with van der Waals surface area (Å²) < 4.78 is 23.1. The summed E-state index contributed by atoms with van der Waals surface area (Å²) in [5.41, 5.74) is 0. The molecule has 9 heteroatoms. The number of allylic oxidation sites excluding steroid dienone is 5. The minimum absolute atomic E-state index is 0.00486. The second kappa shape index (κ2) is 31.7. The number of aliphatic hydroxyl groups is 1. The van der Waals surface area contributed by atoms with Crippen molar-refractivity contribution in [2.45, 2.75) is 167 Å². The maximum atomic E-state index is 12.8. The van der Waals surface area contributed by atoms with Gasteiger partial charge in [-0.25, -0.2) is 0 Å². The highest BCUT2D eigenvalue weighted by Gasteiger charge is 2.23. The molecule has 0 saturated carbocycles. The van der Waals surface area contributed by atoms with Crippen LogP contribution in [0, 0.1) is 0 Å². The lowest BCUT2D eigenvalue weighted by Gasteiger charge is -2.29. The molecule has 0 radical (unpaired) electrons. The Morgan fingerprint density at radius 2 is 1.19 bits per heavy atom. The number of phosphoric acid groups is 1. The Balaban J connectivity index is 4.57. The third kappa shape index (κ3) is 33.2. The zero-order valence-corrected chi connectivity index (χ0v) is 32.6. The molecule has 0 aromatic rings. The van der Waals surface area contributed by atoms with Gasteiger partial charge in [0.05, 0.1) is 39.9 Å². The van der Waals surface area contributed by atoms with Gasteiger partial charge in [-0.1, -0.05) is 121 Å². The van der Waals surface area contributed by atoms with Crippen molar-refractivity contribution in [3.05, 3.63) is 36.5 Å². The molecule has 3 atom stereocenters. The number of phosphoric ester groups is 1. The van der Waals surface area contributed by atoms with Crippen LogP contribution in [0.3, 0.4) is 0 Å². The molecular weight excluding hydrogens is 623 g/mol. The molecule has 282 valence electrons. The van der Waals surface area contributed by atoms with Crippen molar-refractivity contribution in [1.29, 1.82) is 0 Å². The summed E-state index contributed by atoms with van der Waals surface area (Å²) in [7, 11) is 1.24. The lowest BCUT2D eigenvalue weighted by molar-refractivity contribution is -0.870. The number of carbonyl (C=O) groups excluding carboxylic acids is 1. The molecule has 0 aliphatic carbocycles. The van der Waals surface area contributed by atoms with Gasteiger partial charge in [0, 0.05) is 6.42 Å². The van der Waals surface area contributed by atoms with E-state index in [1.54, 1.807) is 6.08 Å². The average Bonchev–Trinajstić information content (AvgIpc) is 3.02. The molecule has 2 N–H and O–H groups in total. The van der Waals surface area contributed by atoms with Crippen LogP contribution in [-0.2, 0) is 18.4 Å². The molecule has 1 amide bonds. The van der Waals surface area contributed by atoms with E-state index in [0.717, 1.165) is 51.4 Å². The van der Waals surface area contributed by atoms with Crippen molar-refractivity contribution in [3.63, 3.8) is 0 Å². The number of amides is 1. The highest BCUT2D eigenvalue weighted by molar-refractivity contribution is 7.45. The van der Waals surface area contributed by atoms with Crippen molar-refractivity contribution in [1.82, 2.24) is 5.32 Å². The number of carbonyl (C=O) groups is 1. The van der Waals surface area contributed by atoms with Gasteiger partial charge >= 0.3 is 0 Å². The zero-order chi connectivity index (χ0) is 35.8. The van der Waals surface area contributed by atoms with Crippen LogP contribution < -0.4 is 10.2 Å². The highest BCUT2D eigenvalue weighted by Crippen LogP contribution is 2.38. The highest BCUT2D eigenvalue weighted by atomic mass is 31.2. The van der Waals surface area contributed by atoms with E-state index in [0.29, 0.717) is 17.4 Å². The molecule has 0 bridgehead atoms. The van der Waals surface area contributed by atoms with Crippen LogP contribution in [0.4, 0.5) is 0 Å². The van der Waals surface area contributed by atoms with Crippen molar-refractivity contribution in [3.8, 4) is 0 Å². The standard InChI is InChI=1S/C39H75N2O6P/c1-6-8-10-12-14-16-18-20-22-24-26-28-30-32-38(42)37(36-47-48(44,45)46-35-34-41(3,4)5)40-39(43)33-31-29-27-25-23-21-19-17-15-13-11-9-7-2/h10,12,17,19,30,32,37-38,42H,6-9,11,13-16,18,20-29,31,33-36H2,1-5H3,(H-,40,43,44,45)/b12-10+,19-17+,32-30+/t37-,38+/m0/s1. The normalized spacial score (nSPS) is 15.1. The van der Waals surface area contributed by atoms with E-state index in [1.807, 2.05) is 27.2 Å². The Labute approximate surface area is 296 Å². The zero-order valence-electron chi connectivity index (χ0n) is 31.7. The second-order valence-corrected chi connectivity index (χ2v) is 15.7. The summed E-state index contributed by atoms with van der Waals surface area (Å²) in [6.45, 7) is 4.54. The maximum Gasteiger partial charge on any atom is 0.268 e. The number of aliphatic hydroxyl groups excluding tert-OH is 1. The average molecular weight is 699 g/mol. The van der Waals surface area contributed by atoms with Gasteiger partial charge in [0.1, 0.15) is 13.2 Å². The van der Waals surface area contributed by atoms with Crippen LogP contribution in [0.2, 0.25) is 0 Å². The molecule has 0 saturated heterocycles. The minimum Gasteiger partial charge on any atom is -0.756 e. The number of nitrogens with one attached hydrogen (secondary N) is 1. The first-order chi connectivity index (χ1) is 23.0. The van der Waals surface area contributed by atoms with Gasteiger partial charge in [0.25, 0.3) is 7.82 Å². The van der Waals surface area contributed by atoms with E-state index in [9.17, 15) is 19.4 Å². The molecule has 0 aromatic carbocycles. The molecule has 0 spiro atoms. The third-order valence-corrected chi connectivity index (χ3v) is 9.26. The van der Waals surface area contributed by atoms with E-state index < -0.39 is 20.0 Å². The molecule has 1 unspecified atom stereocenters. The van der Waals surface area contributed by atoms with Crippen LogP contribution in [0.15, 0.2) is 36.5 Å². The molecule has 0 rings (SSSR count). The van der Waals surface area contributed by atoms with Crippen LogP contribution in [0.5, 0.6) is 0 Å². The SMILES string of the molecule is CCC/C=C/CCCCCCCC/C=C/[C@@H](O)[C@H](COP(=O)([O-])OCC[N+](C)(C)C)NC(=O)CCCCCCC/C=C/CCCCCC. The number of rotatable bonds is 34. The van der Waals surface area contributed by atoms with Gasteiger partial charge in [-0.15, -0.1) is 0 Å². The van der Waals surface area contributed by atoms with Crippen LogP contribution >= 0.6 is 7.82 Å². The second-order valence-electron chi connectivity index (χ2n) is 14.3. The predicted molar refractivity (Wildman–Crippen MR) is 201 cm³/mol. The lowest BCUT2D eigenvalue weighted by Crippen LogP contribution is -2.45. The Hall–Kier alpha value is -1.28. The van der Waals surface area contributed by atoms with E-state index in [-0.39, 0.29) is 19.1 Å². The summed E-state index contributed by atoms with van der Waals surface area (Å²) in [5, 5.41) is 13.7. The maximum absolute atomic E-state index is 12.8. The number of hydrogen-bond acceptors (Lipinski definition) is 6. The smallest absolute Gasteiger partial charge is 0.268 e. The fourth-order valence-electron chi connectivity index (χ4n) is 5.15. The van der Waals surface area contributed by atoms with Crippen molar-refractivity contribution in [2.75, 3.05) is 40.9 Å². The molecule has 0 aliphatic heterocycles. The van der Waals surface area contributed by atoms with E-state index >= 15 is 0 Å². The van der Waals surface area contributed by atoms with Crippen molar-refractivity contribution >= 4 is 13.7 Å². The van der Waals surface area contributed by atoms with Gasteiger partial charge in [0.2, 0.25) is 5.91 Å². The number of unbranched alkanes of at least 4 members (excludes halogenated alkanes) is 17. The molecule has 0 heterocycles. The van der Waals surface area contributed by atoms with Crippen molar-refractivity contribution < 1.29 is 32.9 Å². The van der Waals surface area contributed by atoms with E-state index in [4.69, 9.17) is 9.05 Å². The van der Waals surface area contributed by atoms with Gasteiger partial charge in [-0.3, -0.25) is 9.36 Å². The molecule has 0 fully saturated rings. The monoisotopic (exact) mass is 699 g/mol. The van der Waals surface area contributed by atoms with Crippen LogP contribution in [0.1, 0.15) is 155 Å². The van der Waals surface area contributed by atoms with Crippen LogP contribution in [-0.4, -0.2) is 68.5 Å². The molecule has 48 heavy (non-hydrogen) atoms. The Bertz CT molecular complexity index is 886. The fraction of sp³-hybridized carbons (Fsp3) is 0.821. The van der Waals surface area contributed by atoms with Gasteiger partial charge in [0.15, 0.2) is 0 Å². The first kappa shape index (κ1) is 46.7. The van der Waals surface area contributed by atoms with Gasteiger partial charge in [-0.05, 0) is 64.2 Å². The molecule has 0 aromatic heterocycles. The third-order valence-electron chi connectivity index (χ3n) is 8.29. The first-order valence-corrected chi connectivity index (χ1v) is 20.8. The van der Waals surface area contributed by atoms with Gasteiger partial charge in [-0.2, -0.15) is 0 Å². The number of hydrogen-bond donors (Lipinski definition) is 2. The predicted octanol–water partition coefficient (Wildman–Crippen LogP) is 9.33. The summed E-state index contributed by atoms with van der Waals surface area (Å²) >= 11 is 0. The number of nitrogens with zero attached hydrogens (tertiary/aromatic N) is 1. The molecule has 8 nitrogen and oxygen atoms in total. The van der Waals surface area contributed by atoms with E-state index in [1.165, 1.54) is 83.5 Å². The Kier molecular flexibility index (Phi) is 30.8. The van der Waals surface area contributed by atoms with Crippen LogP contribution in [0.25, 0.3) is 0 Å². The Morgan fingerprint density at radius 1 is 0.708 bits per heavy atom. The van der Waals surface area contributed by atoms with E-state index in [2.05, 4.69) is 43.5 Å². The molecule has 0 aliphatic rings. The molecular formula is C39H75N2O6P. The topological polar surface area (TPSA) is 108 Å². The minimum atomic E-state index is -4.58. The summed E-state index contributed by atoms with van der Waals surface area (Å²) in [5.74, 6) is -0.213. The largest absolute Gasteiger partial charge is 0.756 e. The lowest BCUT2D eigenvalue weighted by atomic mass is 10.1. The van der Waals surface area contributed by atoms with Gasteiger partial charge < -0.3 is 28.8 Å². The summed E-state index contributed by atoms with van der Waals surface area (Å²) in [6, 6.07) is -0.891.